The minimum Gasteiger partial charge on any atom is -0.497 e. The Hall–Kier alpha value is -1.79. The normalized spacial score (nSPS) is 27.6. The number of piperidine rings is 1. The standard InChI is InChI=1S/C22H33N3O3/c1-27-20-5-6-21(28-2)17(14-20)15-24-7-9-25(10-8-24)22(26)13-16-11-18-3-4-19(12-16)23-18/h5-6,14,16,18-19,23H,3-4,7-13,15H2,1-2H3. The van der Waals surface area contributed by atoms with Crippen molar-refractivity contribution in [3.8, 4) is 11.5 Å². The number of carbonyl (C=O) groups is 1. The van der Waals surface area contributed by atoms with E-state index in [-0.39, 0.29) is 0 Å². The van der Waals surface area contributed by atoms with Crippen LogP contribution >= 0.6 is 0 Å². The van der Waals surface area contributed by atoms with E-state index in [4.69, 9.17) is 9.47 Å². The summed E-state index contributed by atoms with van der Waals surface area (Å²) < 4.78 is 10.9. The number of carbonyl (C=O) groups excluding carboxylic acids is 1. The molecule has 1 aromatic carbocycles. The molecule has 28 heavy (non-hydrogen) atoms. The fourth-order valence-electron chi connectivity index (χ4n) is 5.12. The molecule has 0 aliphatic carbocycles. The Balaban J connectivity index is 1.27. The van der Waals surface area contributed by atoms with Gasteiger partial charge in [-0.05, 0) is 49.8 Å². The Kier molecular flexibility index (Phi) is 6.07. The van der Waals surface area contributed by atoms with Gasteiger partial charge in [0.1, 0.15) is 11.5 Å². The first kappa shape index (κ1) is 19.5. The van der Waals surface area contributed by atoms with Crippen LogP contribution in [0.25, 0.3) is 0 Å². The average Bonchev–Trinajstić information content (AvgIpc) is 3.06. The number of hydrogen-bond acceptors (Lipinski definition) is 5. The lowest BCUT2D eigenvalue weighted by Gasteiger charge is -2.36. The fraction of sp³-hybridized carbons (Fsp3) is 0.682. The van der Waals surface area contributed by atoms with Crippen molar-refractivity contribution in [3.05, 3.63) is 23.8 Å². The van der Waals surface area contributed by atoms with Gasteiger partial charge in [-0.25, -0.2) is 0 Å². The first-order valence-electron chi connectivity index (χ1n) is 10.6. The molecule has 3 aliphatic heterocycles. The zero-order valence-electron chi connectivity index (χ0n) is 17.2. The van der Waals surface area contributed by atoms with Crippen LogP contribution in [0.3, 0.4) is 0 Å². The Morgan fingerprint density at radius 1 is 1.07 bits per heavy atom. The summed E-state index contributed by atoms with van der Waals surface area (Å²) in [6.07, 6.45) is 5.68. The Morgan fingerprint density at radius 2 is 1.79 bits per heavy atom. The van der Waals surface area contributed by atoms with Gasteiger partial charge in [-0.3, -0.25) is 9.69 Å². The van der Waals surface area contributed by atoms with Crippen molar-refractivity contribution >= 4 is 5.91 Å². The molecule has 3 aliphatic rings. The summed E-state index contributed by atoms with van der Waals surface area (Å²) in [6.45, 7) is 4.28. The van der Waals surface area contributed by atoms with Crippen LogP contribution in [0.4, 0.5) is 0 Å². The van der Waals surface area contributed by atoms with Crippen LogP contribution in [0.1, 0.15) is 37.7 Å². The third-order valence-electron chi connectivity index (χ3n) is 6.64. The van der Waals surface area contributed by atoms with Gasteiger partial charge in [0, 0.05) is 56.8 Å². The summed E-state index contributed by atoms with van der Waals surface area (Å²) in [5.74, 6) is 2.66. The van der Waals surface area contributed by atoms with Crippen LogP contribution in [0.5, 0.6) is 11.5 Å². The molecule has 0 radical (unpaired) electrons. The Bertz CT molecular complexity index is 676. The highest BCUT2D eigenvalue weighted by atomic mass is 16.5. The van der Waals surface area contributed by atoms with Crippen molar-refractivity contribution in [2.45, 2.75) is 50.7 Å². The van der Waals surface area contributed by atoms with Gasteiger partial charge in [-0.15, -0.1) is 0 Å². The van der Waals surface area contributed by atoms with Crippen molar-refractivity contribution in [2.24, 2.45) is 5.92 Å². The van der Waals surface area contributed by atoms with Gasteiger partial charge < -0.3 is 19.7 Å². The van der Waals surface area contributed by atoms with Gasteiger partial charge in [0.2, 0.25) is 5.91 Å². The van der Waals surface area contributed by atoms with E-state index < -0.39 is 0 Å². The van der Waals surface area contributed by atoms with Crippen molar-refractivity contribution in [2.75, 3.05) is 40.4 Å². The van der Waals surface area contributed by atoms with E-state index in [2.05, 4.69) is 15.1 Å². The molecule has 1 N–H and O–H groups in total. The molecule has 2 unspecified atom stereocenters. The Labute approximate surface area is 168 Å². The molecule has 6 nitrogen and oxygen atoms in total. The lowest BCUT2D eigenvalue weighted by molar-refractivity contribution is -0.134. The van der Waals surface area contributed by atoms with Crippen LogP contribution in [0, 0.1) is 5.92 Å². The molecule has 4 rings (SSSR count). The number of rotatable bonds is 6. The second kappa shape index (κ2) is 8.70. The summed E-state index contributed by atoms with van der Waals surface area (Å²) in [7, 11) is 3.39. The third-order valence-corrected chi connectivity index (χ3v) is 6.64. The lowest BCUT2D eigenvalue weighted by atomic mass is 9.89. The average molecular weight is 388 g/mol. The van der Waals surface area contributed by atoms with Crippen LogP contribution in [-0.4, -0.2) is 68.2 Å². The highest BCUT2D eigenvalue weighted by Gasteiger charge is 2.35. The predicted molar refractivity (Wildman–Crippen MR) is 109 cm³/mol. The number of methoxy groups -OCH3 is 2. The molecule has 3 heterocycles. The van der Waals surface area contributed by atoms with Crippen LogP contribution in [0.2, 0.25) is 0 Å². The summed E-state index contributed by atoms with van der Waals surface area (Å²) in [5.41, 5.74) is 1.13. The van der Waals surface area contributed by atoms with Gasteiger partial charge in [0.25, 0.3) is 0 Å². The van der Waals surface area contributed by atoms with Crippen molar-refractivity contribution in [1.82, 2.24) is 15.1 Å². The van der Waals surface area contributed by atoms with Crippen molar-refractivity contribution < 1.29 is 14.3 Å². The van der Waals surface area contributed by atoms with Gasteiger partial charge in [0.05, 0.1) is 14.2 Å². The summed E-state index contributed by atoms with van der Waals surface area (Å²) in [4.78, 5) is 17.3. The molecule has 0 saturated carbocycles. The molecule has 2 atom stereocenters. The van der Waals surface area contributed by atoms with E-state index in [0.717, 1.165) is 56.2 Å². The molecule has 2 bridgehead atoms. The highest BCUT2D eigenvalue weighted by molar-refractivity contribution is 5.76. The predicted octanol–water partition coefficient (Wildman–Crippen LogP) is 2.27. The number of piperazine rings is 1. The minimum absolute atomic E-state index is 0.352. The molecule has 154 valence electrons. The molecule has 0 spiro atoms. The number of benzene rings is 1. The number of fused-ring (bicyclic) bond motifs is 2. The van der Waals surface area contributed by atoms with Crippen LogP contribution < -0.4 is 14.8 Å². The monoisotopic (exact) mass is 387 g/mol. The Morgan fingerprint density at radius 3 is 2.43 bits per heavy atom. The van der Waals surface area contributed by atoms with E-state index in [1.165, 1.54) is 25.7 Å². The maximum Gasteiger partial charge on any atom is 0.222 e. The van der Waals surface area contributed by atoms with Gasteiger partial charge in [0.15, 0.2) is 0 Å². The fourth-order valence-corrected chi connectivity index (χ4v) is 5.12. The minimum atomic E-state index is 0.352. The SMILES string of the molecule is COc1ccc(OC)c(CN2CCN(C(=O)CC3CC4CCC(C3)N4)CC2)c1. The highest BCUT2D eigenvalue weighted by Crippen LogP contribution is 2.33. The second-order valence-corrected chi connectivity index (χ2v) is 8.51. The number of ether oxygens (including phenoxy) is 2. The molecular weight excluding hydrogens is 354 g/mol. The largest absolute Gasteiger partial charge is 0.497 e. The molecule has 1 amide bonds. The third kappa shape index (κ3) is 4.44. The van der Waals surface area contributed by atoms with Crippen molar-refractivity contribution in [3.63, 3.8) is 0 Å². The van der Waals surface area contributed by atoms with Crippen molar-refractivity contribution in [1.29, 1.82) is 0 Å². The molecule has 0 aromatic heterocycles. The molecular formula is C22H33N3O3. The summed E-state index contributed by atoms with van der Waals surface area (Å²) >= 11 is 0. The van der Waals surface area contributed by atoms with Crippen LogP contribution in [0.15, 0.2) is 18.2 Å². The number of amides is 1. The van der Waals surface area contributed by atoms with Gasteiger partial charge in [-0.1, -0.05) is 0 Å². The van der Waals surface area contributed by atoms with E-state index in [1.54, 1.807) is 14.2 Å². The molecule has 1 aromatic rings. The van der Waals surface area contributed by atoms with Gasteiger partial charge >= 0.3 is 0 Å². The maximum atomic E-state index is 12.8. The van der Waals surface area contributed by atoms with Crippen LogP contribution in [-0.2, 0) is 11.3 Å². The number of nitrogens with zero attached hydrogens (tertiary/aromatic N) is 2. The summed E-state index contributed by atoms with van der Waals surface area (Å²) in [6, 6.07) is 7.24. The zero-order chi connectivity index (χ0) is 19.5. The lowest BCUT2D eigenvalue weighted by Crippen LogP contribution is -2.49. The molecule has 3 fully saturated rings. The number of nitrogens with one attached hydrogen (secondary N) is 1. The first-order chi connectivity index (χ1) is 13.6. The van der Waals surface area contributed by atoms with Gasteiger partial charge in [-0.2, -0.15) is 0 Å². The van der Waals surface area contributed by atoms with E-state index >= 15 is 0 Å². The topological polar surface area (TPSA) is 54.0 Å². The van der Waals surface area contributed by atoms with E-state index in [0.29, 0.717) is 23.9 Å². The van der Waals surface area contributed by atoms with E-state index in [9.17, 15) is 4.79 Å². The first-order valence-corrected chi connectivity index (χ1v) is 10.6. The second-order valence-electron chi connectivity index (χ2n) is 8.51. The quantitative estimate of drug-likeness (QED) is 0.812. The molecule has 3 saturated heterocycles. The van der Waals surface area contributed by atoms with E-state index in [1.807, 2.05) is 18.2 Å². The summed E-state index contributed by atoms with van der Waals surface area (Å²) in [5, 5.41) is 3.67. The number of hydrogen-bond donors (Lipinski definition) is 1. The smallest absolute Gasteiger partial charge is 0.222 e. The zero-order valence-corrected chi connectivity index (χ0v) is 17.2. The molecule has 6 heteroatoms. The maximum absolute atomic E-state index is 12.8.